The Bertz CT molecular complexity index is 816. The van der Waals surface area contributed by atoms with Crippen molar-refractivity contribution in [2.75, 3.05) is 26.9 Å². The van der Waals surface area contributed by atoms with Gasteiger partial charge in [-0.1, -0.05) is 12.1 Å². The smallest absolute Gasteiger partial charge is 0.308 e. The number of carboxylic acid groups (broad SMARTS) is 1. The lowest BCUT2D eigenvalue weighted by Gasteiger charge is -2.27. The van der Waals surface area contributed by atoms with E-state index < -0.39 is 11.9 Å². The van der Waals surface area contributed by atoms with Crippen molar-refractivity contribution >= 4 is 11.9 Å². The quantitative estimate of drug-likeness (QED) is 0.762. The minimum Gasteiger partial charge on any atom is -0.497 e. The molecule has 0 bridgehead atoms. The standard InChI is InChI=1S/C21H24N2O5/c1-27-18-4-2-14(3-5-18)16-10-17(12-22-11-16)20(24)23-13-19(21(25)26)15-6-8-28-9-7-15/h2-5,10-12,15,19H,6-9,13H2,1H3,(H,23,24)(H,25,26). The highest BCUT2D eigenvalue weighted by Gasteiger charge is 2.30. The summed E-state index contributed by atoms with van der Waals surface area (Å²) in [6.07, 6.45) is 4.55. The Morgan fingerprint density at radius 2 is 1.93 bits per heavy atom. The van der Waals surface area contributed by atoms with E-state index in [4.69, 9.17) is 9.47 Å². The molecule has 3 rings (SSSR count). The fourth-order valence-corrected chi connectivity index (χ4v) is 3.38. The van der Waals surface area contributed by atoms with Gasteiger partial charge in [-0.3, -0.25) is 14.6 Å². The number of pyridine rings is 1. The predicted octanol–water partition coefficient (Wildman–Crippen LogP) is 2.61. The molecule has 1 atom stereocenters. The average Bonchev–Trinajstić information content (AvgIpc) is 2.74. The van der Waals surface area contributed by atoms with Gasteiger partial charge in [-0.25, -0.2) is 0 Å². The summed E-state index contributed by atoms with van der Waals surface area (Å²) in [5.41, 5.74) is 2.10. The molecule has 1 aromatic carbocycles. The number of carbonyl (C=O) groups is 2. The molecule has 148 valence electrons. The first-order chi connectivity index (χ1) is 13.6. The molecule has 0 saturated carbocycles. The number of benzene rings is 1. The molecule has 2 aromatic rings. The summed E-state index contributed by atoms with van der Waals surface area (Å²) < 4.78 is 10.5. The van der Waals surface area contributed by atoms with Gasteiger partial charge in [0.05, 0.1) is 18.6 Å². The van der Waals surface area contributed by atoms with Crippen LogP contribution < -0.4 is 10.1 Å². The summed E-state index contributed by atoms with van der Waals surface area (Å²) in [5, 5.41) is 12.3. The van der Waals surface area contributed by atoms with Crippen LogP contribution in [0.15, 0.2) is 42.7 Å². The summed E-state index contributed by atoms with van der Waals surface area (Å²) in [5.74, 6) is -1.09. The first-order valence-electron chi connectivity index (χ1n) is 9.26. The van der Waals surface area contributed by atoms with Crippen LogP contribution in [0.1, 0.15) is 23.2 Å². The maximum Gasteiger partial charge on any atom is 0.308 e. The molecule has 28 heavy (non-hydrogen) atoms. The van der Waals surface area contributed by atoms with Crippen molar-refractivity contribution in [3.8, 4) is 16.9 Å². The van der Waals surface area contributed by atoms with Crippen LogP contribution in [0.5, 0.6) is 5.75 Å². The number of carbonyl (C=O) groups excluding carboxylic acids is 1. The third-order valence-corrected chi connectivity index (χ3v) is 5.06. The van der Waals surface area contributed by atoms with Crippen molar-refractivity contribution < 1.29 is 24.2 Å². The fourth-order valence-electron chi connectivity index (χ4n) is 3.38. The second-order valence-electron chi connectivity index (χ2n) is 6.80. The molecule has 2 N–H and O–H groups in total. The zero-order chi connectivity index (χ0) is 19.9. The van der Waals surface area contributed by atoms with E-state index >= 15 is 0 Å². The molecule has 1 fully saturated rings. The Labute approximate surface area is 163 Å². The van der Waals surface area contributed by atoms with Crippen molar-refractivity contribution in [2.24, 2.45) is 11.8 Å². The van der Waals surface area contributed by atoms with E-state index in [1.54, 1.807) is 19.4 Å². The van der Waals surface area contributed by atoms with Crippen LogP contribution >= 0.6 is 0 Å². The number of aromatic nitrogens is 1. The molecule has 1 unspecified atom stereocenters. The van der Waals surface area contributed by atoms with Crippen molar-refractivity contribution in [3.63, 3.8) is 0 Å². The fraction of sp³-hybridized carbons (Fsp3) is 0.381. The largest absolute Gasteiger partial charge is 0.497 e. The van der Waals surface area contributed by atoms with Gasteiger partial charge in [-0.15, -0.1) is 0 Å². The molecule has 0 spiro atoms. The van der Waals surface area contributed by atoms with Crippen LogP contribution in [0.4, 0.5) is 0 Å². The number of rotatable bonds is 7. The first kappa shape index (κ1) is 19.8. The monoisotopic (exact) mass is 384 g/mol. The lowest BCUT2D eigenvalue weighted by Crippen LogP contribution is -2.39. The second kappa shape index (κ2) is 9.32. The van der Waals surface area contributed by atoms with Gasteiger partial charge in [0, 0.05) is 37.7 Å². The predicted molar refractivity (Wildman–Crippen MR) is 103 cm³/mol. The Morgan fingerprint density at radius 3 is 2.57 bits per heavy atom. The SMILES string of the molecule is COc1ccc(-c2cncc(C(=O)NCC(C(=O)O)C3CCOCC3)c2)cc1. The number of aliphatic carboxylic acids is 1. The minimum atomic E-state index is -0.891. The molecule has 1 amide bonds. The zero-order valence-electron chi connectivity index (χ0n) is 15.8. The third-order valence-electron chi connectivity index (χ3n) is 5.06. The van der Waals surface area contributed by atoms with Crippen molar-refractivity contribution in [3.05, 3.63) is 48.3 Å². The number of ether oxygens (including phenoxy) is 2. The number of nitrogens with zero attached hydrogens (tertiary/aromatic N) is 1. The molecule has 2 heterocycles. The van der Waals surface area contributed by atoms with Gasteiger partial charge in [0.15, 0.2) is 0 Å². The molecule has 0 radical (unpaired) electrons. The zero-order valence-corrected chi connectivity index (χ0v) is 15.8. The summed E-state index contributed by atoms with van der Waals surface area (Å²) >= 11 is 0. The molecule has 1 aromatic heterocycles. The van der Waals surface area contributed by atoms with Gasteiger partial charge >= 0.3 is 5.97 Å². The molecule has 1 saturated heterocycles. The Morgan fingerprint density at radius 1 is 1.21 bits per heavy atom. The minimum absolute atomic E-state index is 0.00954. The summed E-state index contributed by atoms with van der Waals surface area (Å²) in [6.45, 7) is 1.22. The van der Waals surface area contributed by atoms with E-state index in [9.17, 15) is 14.7 Å². The lowest BCUT2D eigenvalue weighted by molar-refractivity contribution is -0.144. The Kier molecular flexibility index (Phi) is 6.60. The van der Waals surface area contributed by atoms with Gasteiger partial charge < -0.3 is 19.9 Å². The van der Waals surface area contributed by atoms with Gasteiger partial charge in [0.2, 0.25) is 0 Å². The Balaban J connectivity index is 1.67. The maximum atomic E-state index is 12.5. The highest BCUT2D eigenvalue weighted by molar-refractivity contribution is 5.95. The van der Waals surface area contributed by atoms with Gasteiger partial charge in [-0.05, 0) is 42.5 Å². The molecule has 1 aliphatic rings. The maximum absolute atomic E-state index is 12.5. The van der Waals surface area contributed by atoms with Crippen LogP contribution in [0, 0.1) is 11.8 Å². The number of hydrogen-bond donors (Lipinski definition) is 2. The number of carboxylic acids is 1. The van der Waals surface area contributed by atoms with E-state index in [2.05, 4.69) is 10.3 Å². The number of amides is 1. The van der Waals surface area contributed by atoms with Crippen molar-refractivity contribution in [1.29, 1.82) is 0 Å². The van der Waals surface area contributed by atoms with Gasteiger partial charge in [-0.2, -0.15) is 0 Å². The molecule has 1 aliphatic heterocycles. The normalized spacial score (nSPS) is 15.6. The van der Waals surface area contributed by atoms with Gasteiger partial charge in [0.1, 0.15) is 5.75 Å². The van der Waals surface area contributed by atoms with E-state index in [0.717, 1.165) is 16.9 Å². The highest BCUT2D eigenvalue weighted by Crippen LogP contribution is 2.25. The summed E-state index contributed by atoms with van der Waals surface area (Å²) in [4.78, 5) is 28.3. The average molecular weight is 384 g/mol. The third kappa shape index (κ3) is 4.86. The van der Waals surface area contributed by atoms with E-state index in [1.807, 2.05) is 24.3 Å². The number of methoxy groups -OCH3 is 1. The number of nitrogens with one attached hydrogen (secondary N) is 1. The molecular formula is C21H24N2O5. The summed E-state index contributed by atoms with van der Waals surface area (Å²) in [6, 6.07) is 9.21. The van der Waals surface area contributed by atoms with Crippen LogP contribution in [0.3, 0.4) is 0 Å². The van der Waals surface area contributed by atoms with Crippen LogP contribution in [-0.4, -0.2) is 48.8 Å². The van der Waals surface area contributed by atoms with Crippen molar-refractivity contribution in [2.45, 2.75) is 12.8 Å². The topological polar surface area (TPSA) is 97.8 Å². The second-order valence-corrected chi connectivity index (χ2v) is 6.80. The van der Waals surface area contributed by atoms with E-state index in [0.29, 0.717) is 31.6 Å². The Hall–Kier alpha value is -2.93. The molecule has 7 heteroatoms. The van der Waals surface area contributed by atoms with Crippen LogP contribution in [0.25, 0.3) is 11.1 Å². The first-order valence-corrected chi connectivity index (χ1v) is 9.26. The van der Waals surface area contributed by atoms with Crippen LogP contribution in [-0.2, 0) is 9.53 Å². The number of hydrogen-bond acceptors (Lipinski definition) is 5. The van der Waals surface area contributed by atoms with Crippen molar-refractivity contribution in [1.82, 2.24) is 10.3 Å². The van der Waals surface area contributed by atoms with Gasteiger partial charge in [0.25, 0.3) is 5.91 Å². The molecule has 7 nitrogen and oxygen atoms in total. The molecule has 0 aliphatic carbocycles. The lowest BCUT2D eigenvalue weighted by atomic mass is 9.86. The summed E-state index contributed by atoms with van der Waals surface area (Å²) in [7, 11) is 1.60. The van der Waals surface area contributed by atoms with E-state index in [1.165, 1.54) is 6.20 Å². The van der Waals surface area contributed by atoms with Crippen LogP contribution in [0.2, 0.25) is 0 Å². The molecular weight excluding hydrogens is 360 g/mol. The van der Waals surface area contributed by atoms with E-state index in [-0.39, 0.29) is 18.4 Å². The highest BCUT2D eigenvalue weighted by atomic mass is 16.5.